The summed E-state index contributed by atoms with van der Waals surface area (Å²) in [6.07, 6.45) is 4.52. The number of esters is 1. The molecule has 1 aromatic rings. The number of methoxy groups -OCH3 is 1. The molecule has 1 aromatic carbocycles. The second-order valence-electron chi connectivity index (χ2n) is 8.05. The van der Waals surface area contributed by atoms with E-state index in [-0.39, 0.29) is 23.4 Å². The highest BCUT2D eigenvalue weighted by Crippen LogP contribution is 2.38. The first-order valence-electron chi connectivity index (χ1n) is 9.03. The van der Waals surface area contributed by atoms with Gasteiger partial charge in [0, 0.05) is 17.2 Å². The maximum absolute atomic E-state index is 11.5. The first-order chi connectivity index (χ1) is 12.6. The van der Waals surface area contributed by atoms with Gasteiger partial charge >= 0.3 is 5.97 Å². The van der Waals surface area contributed by atoms with E-state index in [0.717, 1.165) is 19.3 Å². The van der Waals surface area contributed by atoms with Gasteiger partial charge in [-0.3, -0.25) is 15.0 Å². The lowest BCUT2D eigenvalue weighted by atomic mass is 9.82. The lowest BCUT2D eigenvalue weighted by Gasteiger charge is -2.51. The van der Waals surface area contributed by atoms with Crippen LogP contribution in [0.15, 0.2) is 30.0 Å². The van der Waals surface area contributed by atoms with Gasteiger partial charge in [0.15, 0.2) is 6.61 Å². The average Bonchev–Trinajstić information content (AvgIpc) is 2.59. The Kier molecular flexibility index (Phi) is 6.38. The van der Waals surface area contributed by atoms with Crippen molar-refractivity contribution in [2.45, 2.75) is 58.0 Å². The average molecular weight is 376 g/mol. The molecule has 0 unspecified atom stereocenters. The number of hydroxylamine groups is 2. The second kappa shape index (κ2) is 8.19. The molecule has 0 bridgehead atoms. The van der Waals surface area contributed by atoms with Gasteiger partial charge in [0.2, 0.25) is 0 Å². The fourth-order valence-corrected chi connectivity index (χ4v) is 3.63. The summed E-state index contributed by atoms with van der Waals surface area (Å²) < 4.78 is 4.65. The quantitative estimate of drug-likeness (QED) is 0.423. The molecule has 0 radical (unpaired) electrons. The van der Waals surface area contributed by atoms with Crippen LogP contribution in [0, 0.1) is 10.1 Å². The van der Waals surface area contributed by atoms with Crippen molar-refractivity contribution in [3.8, 4) is 0 Å². The first-order valence-corrected chi connectivity index (χ1v) is 9.03. The summed E-state index contributed by atoms with van der Waals surface area (Å²) in [5.41, 5.74) is 0.593. The summed E-state index contributed by atoms with van der Waals surface area (Å²) in [6, 6.07) is 6.44. The molecule has 0 aromatic heterocycles. The minimum Gasteiger partial charge on any atom is -0.465 e. The Morgan fingerprint density at radius 1 is 1.19 bits per heavy atom. The summed E-state index contributed by atoms with van der Waals surface area (Å²) >= 11 is 0. The predicted octanol–water partition coefficient (Wildman–Crippen LogP) is 4.07. The topological polar surface area (TPSA) is 81.9 Å². The van der Waals surface area contributed by atoms with Crippen LogP contribution in [-0.2, 0) is 9.57 Å². The van der Waals surface area contributed by atoms with Crippen molar-refractivity contribution in [1.82, 2.24) is 5.06 Å². The van der Waals surface area contributed by atoms with Crippen molar-refractivity contribution in [1.29, 1.82) is 0 Å². The number of carbonyl (C=O) groups is 1. The number of nitrogens with zero attached hydrogens (tertiary/aromatic N) is 2. The van der Waals surface area contributed by atoms with E-state index in [9.17, 15) is 14.9 Å². The third-order valence-corrected chi connectivity index (χ3v) is 4.92. The fourth-order valence-electron chi connectivity index (χ4n) is 3.63. The van der Waals surface area contributed by atoms with E-state index < -0.39 is 10.9 Å². The zero-order chi connectivity index (χ0) is 20.2. The molecular formula is C20H28N2O5. The minimum atomic E-state index is -0.446. The predicted molar refractivity (Wildman–Crippen MR) is 103 cm³/mol. The Labute approximate surface area is 160 Å². The molecule has 27 heavy (non-hydrogen) atoms. The number of carbonyl (C=O) groups excluding carboxylic acids is 1. The molecule has 1 fully saturated rings. The highest BCUT2D eigenvalue weighted by atomic mass is 16.7. The molecule has 1 aliphatic heterocycles. The summed E-state index contributed by atoms with van der Waals surface area (Å²) in [5.74, 6) is -0.446. The van der Waals surface area contributed by atoms with Gasteiger partial charge in [0.25, 0.3) is 5.70 Å². The molecule has 0 N–H and O–H groups in total. The Morgan fingerprint density at radius 3 is 2.22 bits per heavy atom. The number of rotatable bonds is 6. The van der Waals surface area contributed by atoms with Crippen molar-refractivity contribution in [2.24, 2.45) is 0 Å². The number of benzene rings is 1. The van der Waals surface area contributed by atoms with Crippen LogP contribution >= 0.6 is 0 Å². The summed E-state index contributed by atoms with van der Waals surface area (Å²) in [6.45, 7) is 8.24. The summed E-state index contributed by atoms with van der Waals surface area (Å²) in [4.78, 5) is 28.5. The Hall–Kier alpha value is -2.25. The van der Waals surface area contributed by atoms with Crippen LogP contribution in [0.2, 0.25) is 0 Å². The van der Waals surface area contributed by atoms with Gasteiger partial charge in [0.05, 0.1) is 17.6 Å². The van der Waals surface area contributed by atoms with Crippen LogP contribution in [0.5, 0.6) is 0 Å². The summed E-state index contributed by atoms with van der Waals surface area (Å²) in [7, 11) is 1.31. The van der Waals surface area contributed by atoms with Crippen molar-refractivity contribution in [3.63, 3.8) is 0 Å². The Bertz CT molecular complexity index is 706. The van der Waals surface area contributed by atoms with Crippen molar-refractivity contribution in [2.75, 3.05) is 13.7 Å². The fraction of sp³-hybridized carbons (Fsp3) is 0.550. The maximum Gasteiger partial charge on any atom is 0.337 e. The number of ether oxygens (including phenoxy) is 1. The van der Waals surface area contributed by atoms with E-state index in [4.69, 9.17) is 4.84 Å². The highest BCUT2D eigenvalue weighted by molar-refractivity contribution is 5.89. The van der Waals surface area contributed by atoms with E-state index >= 15 is 0 Å². The maximum atomic E-state index is 11.5. The smallest absolute Gasteiger partial charge is 0.337 e. The highest BCUT2D eigenvalue weighted by Gasteiger charge is 2.43. The van der Waals surface area contributed by atoms with Crippen LogP contribution in [-0.4, -0.2) is 40.8 Å². The molecule has 1 saturated heterocycles. The minimum absolute atomic E-state index is 0.0435. The SMILES string of the molecule is COC(=O)c1ccc(/C=C(/CON2C(C)(C)CCCC2(C)C)[N+](=O)[O-])cc1. The molecule has 0 saturated carbocycles. The van der Waals surface area contributed by atoms with E-state index in [2.05, 4.69) is 32.4 Å². The first kappa shape index (κ1) is 21.1. The second-order valence-corrected chi connectivity index (χ2v) is 8.05. The van der Waals surface area contributed by atoms with Crippen LogP contribution in [0.3, 0.4) is 0 Å². The molecule has 7 heteroatoms. The van der Waals surface area contributed by atoms with E-state index in [1.165, 1.54) is 13.2 Å². The van der Waals surface area contributed by atoms with E-state index in [1.807, 2.05) is 5.06 Å². The lowest BCUT2D eigenvalue weighted by Crippen LogP contribution is -2.58. The van der Waals surface area contributed by atoms with Gasteiger partial charge in [-0.2, -0.15) is 5.06 Å². The number of hydrogen-bond donors (Lipinski definition) is 0. The molecule has 1 heterocycles. The molecule has 7 nitrogen and oxygen atoms in total. The molecule has 2 rings (SSSR count). The van der Waals surface area contributed by atoms with Crippen molar-refractivity contribution >= 4 is 12.0 Å². The third-order valence-electron chi connectivity index (χ3n) is 4.92. The van der Waals surface area contributed by atoms with E-state index in [1.54, 1.807) is 24.3 Å². The van der Waals surface area contributed by atoms with Gasteiger partial charge in [-0.1, -0.05) is 12.1 Å². The standard InChI is InChI=1S/C20H28N2O5/c1-19(2)11-6-12-20(3,4)22(19)27-14-17(21(24)25)13-15-7-9-16(10-8-15)18(23)26-5/h7-10,13H,6,11-12,14H2,1-5H3/b17-13-. The molecule has 0 atom stereocenters. The molecule has 1 aliphatic rings. The van der Waals surface area contributed by atoms with Crippen molar-refractivity contribution < 1.29 is 19.3 Å². The Morgan fingerprint density at radius 2 is 1.74 bits per heavy atom. The number of piperidine rings is 1. The molecule has 0 amide bonds. The zero-order valence-corrected chi connectivity index (χ0v) is 16.7. The third kappa shape index (κ3) is 5.14. The van der Waals surface area contributed by atoms with Gasteiger partial charge in [-0.05, 0) is 64.7 Å². The Balaban J connectivity index is 2.16. The molecule has 0 aliphatic carbocycles. The molecular weight excluding hydrogens is 348 g/mol. The molecule has 0 spiro atoms. The summed E-state index contributed by atoms with van der Waals surface area (Å²) in [5, 5.41) is 13.4. The monoisotopic (exact) mass is 376 g/mol. The van der Waals surface area contributed by atoms with Gasteiger partial charge in [0.1, 0.15) is 0 Å². The van der Waals surface area contributed by atoms with Crippen LogP contribution in [0.4, 0.5) is 0 Å². The number of nitro groups is 1. The number of hydrogen-bond acceptors (Lipinski definition) is 6. The lowest BCUT2D eigenvalue weighted by molar-refractivity contribution is -0.436. The largest absolute Gasteiger partial charge is 0.465 e. The van der Waals surface area contributed by atoms with Crippen LogP contribution in [0.25, 0.3) is 6.08 Å². The zero-order valence-electron chi connectivity index (χ0n) is 16.7. The van der Waals surface area contributed by atoms with Gasteiger partial charge in [-0.25, -0.2) is 4.79 Å². The normalized spacial score (nSPS) is 19.5. The van der Waals surface area contributed by atoms with Crippen molar-refractivity contribution in [3.05, 3.63) is 51.2 Å². The van der Waals surface area contributed by atoms with Crippen LogP contribution < -0.4 is 0 Å². The van der Waals surface area contributed by atoms with Gasteiger partial charge in [-0.15, -0.1) is 0 Å². The molecule has 148 valence electrons. The van der Waals surface area contributed by atoms with E-state index in [0.29, 0.717) is 11.1 Å². The van der Waals surface area contributed by atoms with Crippen LogP contribution in [0.1, 0.15) is 62.9 Å². The van der Waals surface area contributed by atoms with Gasteiger partial charge < -0.3 is 4.74 Å².